The lowest BCUT2D eigenvalue weighted by Gasteiger charge is -2.70. The van der Waals surface area contributed by atoms with Crippen LogP contribution in [0, 0.1) is 22.9 Å². The zero-order valence-corrected chi connectivity index (χ0v) is 9.25. The third-order valence-electron chi connectivity index (χ3n) is 4.02. The van der Waals surface area contributed by atoms with Crippen LogP contribution >= 0.6 is 11.6 Å². The molecule has 3 aliphatic carbocycles. The highest BCUT2D eigenvalue weighted by Crippen LogP contribution is 2.73. The van der Waals surface area contributed by atoms with Crippen molar-refractivity contribution in [3.05, 3.63) is 35.1 Å². The van der Waals surface area contributed by atoms with Crippen molar-refractivity contribution in [2.75, 3.05) is 5.88 Å². The zero-order valence-electron chi connectivity index (χ0n) is 8.49. The van der Waals surface area contributed by atoms with Crippen molar-refractivity contribution in [1.82, 2.24) is 0 Å². The Kier molecular flexibility index (Phi) is 1.93. The van der Waals surface area contributed by atoms with E-state index in [4.69, 9.17) is 11.6 Å². The van der Waals surface area contributed by atoms with Crippen LogP contribution < -0.4 is 0 Å². The minimum Gasteiger partial charge on any atom is -0.204 e. The van der Waals surface area contributed by atoms with Crippen molar-refractivity contribution in [1.29, 1.82) is 0 Å². The topological polar surface area (TPSA) is 0 Å². The molecule has 4 heteroatoms. The number of hydrogen-bond acceptors (Lipinski definition) is 0. The fraction of sp³-hybridized carbons (Fsp3) is 0.500. The van der Waals surface area contributed by atoms with Gasteiger partial charge in [0.1, 0.15) is 0 Å². The summed E-state index contributed by atoms with van der Waals surface area (Å²) in [7, 11) is 0. The summed E-state index contributed by atoms with van der Waals surface area (Å²) in [4.78, 5) is 0. The second-order valence-electron chi connectivity index (χ2n) is 5.20. The van der Waals surface area contributed by atoms with Crippen molar-refractivity contribution in [2.24, 2.45) is 5.41 Å². The monoisotopic (exact) mass is 246 g/mol. The first kappa shape index (κ1) is 10.5. The lowest BCUT2D eigenvalue weighted by molar-refractivity contribution is -0.122. The van der Waals surface area contributed by atoms with Crippen molar-refractivity contribution in [2.45, 2.75) is 24.7 Å². The summed E-state index contributed by atoms with van der Waals surface area (Å²) < 4.78 is 39.0. The summed E-state index contributed by atoms with van der Waals surface area (Å²) in [5, 5.41) is 0. The van der Waals surface area contributed by atoms with Gasteiger partial charge in [0.2, 0.25) is 0 Å². The maximum atomic E-state index is 13.1. The highest BCUT2D eigenvalue weighted by Gasteiger charge is 2.67. The van der Waals surface area contributed by atoms with E-state index < -0.39 is 17.5 Å². The Bertz CT molecular complexity index is 427. The maximum absolute atomic E-state index is 13.1. The van der Waals surface area contributed by atoms with E-state index in [0.717, 1.165) is 31.4 Å². The Labute approximate surface area is 96.4 Å². The molecule has 0 N–H and O–H groups in total. The molecule has 0 aromatic heterocycles. The molecule has 0 radical (unpaired) electrons. The first-order valence-corrected chi connectivity index (χ1v) is 5.75. The highest BCUT2D eigenvalue weighted by molar-refractivity contribution is 6.18. The van der Waals surface area contributed by atoms with Gasteiger partial charge < -0.3 is 0 Å². The largest absolute Gasteiger partial charge is 0.204 e. The molecule has 0 nitrogen and oxygen atoms in total. The lowest BCUT2D eigenvalue weighted by Crippen LogP contribution is -2.65. The van der Waals surface area contributed by atoms with E-state index in [1.165, 1.54) is 0 Å². The average Bonchev–Trinajstić information content (AvgIpc) is 2.10. The van der Waals surface area contributed by atoms with Gasteiger partial charge in [-0.2, -0.15) is 0 Å². The van der Waals surface area contributed by atoms with Gasteiger partial charge in [-0.15, -0.1) is 11.6 Å². The molecule has 0 spiro atoms. The standard InChI is InChI=1S/C12H10ClF3/c13-6-11-3-12(4-11,5-11)7-1-8(14)10(16)9(15)2-7/h1-2H,3-6H2. The van der Waals surface area contributed by atoms with E-state index in [0.29, 0.717) is 11.4 Å². The predicted molar refractivity (Wildman–Crippen MR) is 55.0 cm³/mol. The van der Waals surface area contributed by atoms with Crippen molar-refractivity contribution in [3.63, 3.8) is 0 Å². The Hall–Kier alpha value is -0.700. The molecule has 0 saturated heterocycles. The molecular weight excluding hydrogens is 237 g/mol. The summed E-state index contributed by atoms with van der Waals surface area (Å²) in [5.41, 5.74) is 0.628. The molecule has 3 aliphatic rings. The third kappa shape index (κ3) is 1.12. The molecule has 0 heterocycles. The lowest BCUT2D eigenvalue weighted by atomic mass is 9.34. The molecule has 0 aliphatic heterocycles. The Morgan fingerprint density at radius 1 is 1.06 bits per heavy atom. The van der Waals surface area contributed by atoms with Crippen LogP contribution in [0.15, 0.2) is 12.1 Å². The molecular formula is C12H10ClF3. The van der Waals surface area contributed by atoms with Crippen LogP contribution in [-0.2, 0) is 5.41 Å². The van der Waals surface area contributed by atoms with Crippen LogP contribution in [0.25, 0.3) is 0 Å². The average molecular weight is 247 g/mol. The van der Waals surface area contributed by atoms with E-state index in [1.807, 2.05) is 0 Å². The molecule has 86 valence electrons. The molecule has 0 atom stereocenters. The number of rotatable bonds is 2. The summed E-state index contributed by atoms with van der Waals surface area (Å²) >= 11 is 5.81. The zero-order chi connectivity index (χ0) is 11.6. The van der Waals surface area contributed by atoms with E-state index in [-0.39, 0.29) is 10.8 Å². The fourth-order valence-corrected chi connectivity index (χ4v) is 3.59. The van der Waals surface area contributed by atoms with Crippen molar-refractivity contribution < 1.29 is 13.2 Å². The number of benzene rings is 1. The summed E-state index contributed by atoms with van der Waals surface area (Å²) in [6.45, 7) is 0. The Morgan fingerprint density at radius 3 is 2.00 bits per heavy atom. The van der Waals surface area contributed by atoms with Crippen LogP contribution in [0.3, 0.4) is 0 Å². The van der Waals surface area contributed by atoms with Crippen LogP contribution in [0.2, 0.25) is 0 Å². The van der Waals surface area contributed by atoms with Crippen LogP contribution in [-0.4, -0.2) is 5.88 Å². The summed E-state index contributed by atoms with van der Waals surface area (Å²) in [6.07, 6.45) is 2.61. The quantitative estimate of drug-likeness (QED) is 0.551. The smallest absolute Gasteiger partial charge is 0.194 e. The number of alkyl halides is 1. The van der Waals surface area contributed by atoms with E-state index in [9.17, 15) is 13.2 Å². The van der Waals surface area contributed by atoms with Gasteiger partial charge in [0.25, 0.3) is 0 Å². The van der Waals surface area contributed by atoms with Gasteiger partial charge in [-0.1, -0.05) is 0 Å². The molecule has 3 fully saturated rings. The second kappa shape index (κ2) is 2.95. The van der Waals surface area contributed by atoms with Gasteiger partial charge in [0.05, 0.1) is 0 Å². The van der Waals surface area contributed by atoms with Crippen molar-refractivity contribution in [3.8, 4) is 0 Å². The van der Waals surface area contributed by atoms with Crippen LogP contribution in [0.1, 0.15) is 24.8 Å². The van der Waals surface area contributed by atoms with Gasteiger partial charge in [-0.05, 0) is 47.8 Å². The Morgan fingerprint density at radius 2 is 1.56 bits per heavy atom. The van der Waals surface area contributed by atoms with Gasteiger partial charge >= 0.3 is 0 Å². The minimum atomic E-state index is -1.39. The molecule has 3 saturated carbocycles. The first-order chi connectivity index (χ1) is 7.50. The predicted octanol–water partition coefficient (Wildman–Crippen LogP) is 3.76. The van der Waals surface area contributed by atoms with Gasteiger partial charge in [0.15, 0.2) is 17.5 Å². The molecule has 1 aromatic carbocycles. The van der Waals surface area contributed by atoms with Gasteiger partial charge in [0, 0.05) is 5.88 Å². The minimum absolute atomic E-state index is 0.135. The highest BCUT2D eigenvalue weighted by atomic mass is 35.5. The second-order valence-corrected chi connectivity index (χ2v) is 5.47. The normalized spacial score (nSPS) is 35.5. The van der Waals surface area contributed by atoms with Gasteiger partial charge in [-0.3, -0.25) is 0 Å². The molecule has 0 amide bonds. The molecule has 1 aromatic rings. The maximum Gasteiger partial charge on any atom is 0.194 e. The van der Waals surface area contributed by atoms with E-state index in [2.05, 4.69) is 0 Å². The van der Waals surface area contributed by atoms with Gasteiger partial charge in [-0.25, -0.2) is 13.2 Å². The summed E-state index contributed by atoms with van der Waals surface area (Å²) in [6, 6.07) is 2.24. The molecule has 0 unspecified atom stereocenters. The molecule has 2 bridgehead atoms. The van der Waals surface area contributed by atoms with Crippen LogP contribution in [0.4, 0.5) is 13.2 Å². The Balaban J connectivity index is 1.93. The fourth-order valence-electron chi connectivity index (χ4n) is 3.31. The first-order valence-electron chi connectivity index (χ1n) is 5.21. The SMILES string of the molecule is Fc1cc(C23CC(CCl)(C2)C3)cc(F)c1F. The van der Waals surface area contributed by atoms with E-state index in [1.54, 1.807) is 0 Å². The number of hydrogen-bond donors (Lipinski definition) is 0. The molecule has 4 rings (SSSR count). The molecule has 16 heavy (non-hydrogen) atoms. The van der Waals surface area contributed by atoms with E-state index >= 15 is 0 Å². The third-order valence-corrected chi connectivity index (χ3v) is 4.59. The summed E-state index contributed by atoms with van der Waals surface area (Å²) in [5.74, 6) is -2.98. The van der Waals surface area contributed by atoms with Crippen molar-refractivity contribution >= 4 is 11.6 Å². The van der Waals surface area contributed by atoms with Crippen LogP contribution in [0.5, 0.6) is 0 Å². The number of halogens is 4.